The van der Waals surface area contributed by atoms with Gasteiger partial charge >= 0.3 is 0 Å². The topological polar surface area (TPSA) is 12.0 Å². The van der Waals surface area contributed by atoms with Gasteiger partial charge in [0.25, 0.3) is 0 Å². The Bertz CT molecular complexity index is 281. The average molecular weight is 249 g/mol. The van der Waals surface area contributed by atoms with Gasteiger partial charge in [-0.25, -0.2) is 0 Å². The lowest BCUT2D eigenvalue weighted by molar-refractivity contribution is -0.0771. The van der Waals surface area contributed by atoms with E-state index in [-0.39, 0.29) is 0 Å². The molecular weight excluding hydrogens is 218 g/mol. The van der Waals surface area contributed by atoms with E-state index in [1.807, 2.05) is 0 Å². The molecule has 0 aliphatic heterocycles. The van der Waals surface area contributed by atoms with Gasteiger partial charge in [-0.1, -0.05) is 13.8 Å². The summed E-state index contributed by atoms with van der Waals surface area (Å²) in [7, 11) is 2.20. The van der Waals surface area contributed by atoms with Crippen LogP contribution >= 0.6 is 0 Å². The minimum absolute atomic E-state index is 0.386. The second-order valence-electron chi connectivity index (χ2n) is 8.22. The monoisotopic (exact) mass is 249 g/mol. The van der Waals surface area contributed by atoms with Crippen LogP contribution < -0.4 is 5.32 Å². The fourth-order valence-corrected chi connectivity index (χ4v) is 6.22. The van der Waals surface area contributed by atoms with E-state index in [2.05, 4.69) is 33.1 Å². The molecule has 0 amide bonds. The van der Waals surface area contributed by atoms with Crippen LogP contribution in [0.5, 0.6) is 0 Å². The number of hydrogen-bond acceptors (Lipinski definition) is 1. The molecule has 0 radical (unpaired) electrons. The Hall–Kier alpha value is -0.0400. The van der Waals surface area contributed by atoms with Gasteiger partial charge in [0.2, 0.25) is 0 Å². The van der Waals surface area contributed by atoms with Gasteiger partial charge < -0.3 is 5.32 Å². The largest absolute Gasteiger partial charge is 0.314 e. The summed E-state index contributed by atoms with van der Waals surface area (Å²) in [5.74, 6) is 6.04. The van der Waals surface area contributed by atoms with E-state index in [1.54, 1.807) is 32.1 Å². The molecule has 0 aromatic rings. The zero-order valence-corrected chi connectivity index (χ0v) is 12.7. The molecule has 0 saturated heterocycles. The highest BCUT2D eigenvalue weighted by Gasteiger charge is 2.53. The molecule has 4 aliphatic carbocycles. The van der Waals surface area contributed by atoms with Crippen LogP contribution in [-0.4, -0.2) is 12.6 Å². The fraction of sp³-hybridized carbons (Fsp3) is 1.00. The third-order valence-electron chi connectivity index (χ3n) is 6.37. The predicted molar refractivity (Wildman–Crippen MR) is 77.5 cm³/mol. The van der Waals surface area contributed by atoms with Crippen molar-refractivity contribution in [3.8, 4) is 0 Å². The summed E-state index contributed by atoms with van der Waals surface area (Å²) in [4.78, 5) is 0. The summed E-state index contributed by atoms with van der Waals surface area (Å²) >= 11 is 0. The molecule has 1 nitrogen and oxygen atoms in total. The van der Waals surface area contributed by atoms with Gasteiger partial charge in [0.05, 0.1) is 0 Å². The zero-order chi connectivity index (χ0) is 12.9. The molecule has 4 rings (SSSR count). The normalized spacial score (nSPS) is 45.5. The Balaban J connectivity index is 1.82. The predicted octanol–water partition coefficient (Wildman–Crippen LogP) is 4.08. The first-order valence-electron chi connectivity index (χ1n) is 8.20. The van der Waals surface area contributed by atoms with E-state index in [0.717, 1.165) is 35.5 Å². The minimum Gasteiger partial charge on any atom is -0.314 e. The van der Waals surface area contributed by atoms with Crippen LogP contribution in [0.2, 0.25) is 0 Å². The zero-order valence-electron chi connectivity index (χ0n) is 12.7. The molecule has 0 aromatic carbocycles. The molecular formula is C17H31N. The lowest BCUT2D eigenvalue weighted by Gasteiger charge is -2.59. The van der Waals surface area contributed by atoms with E-state index in [1.165, 1.54) is 6.42 Å². The first-order chi connectivity index (χ1) is 8.51. The van der Waals surface area contributed by atoms with Crippen LogP contribution in [0.1, 0.15) is 59.3 Å². The van der Waals surface area contributed by atoms with Crippen molar-refractivity contribution >= 4 is 0 Å². The van der Waals surface area contributed by atoms with Crippen LogP contribution in [0.15, 0.2) is 0 Å². The van der Waals surface area contributed by atoms with Crippen molar-refractivity contribution in [2.45, 2.75) is 64.8 Å². The van der Waals surface area contributed by atoms with E-state index in [4.69, 9.17) is 0 Å². The highest BCUT2D eigenvalue weighted by Crippen LogP contribution is 2.59. The Morgan fingerprint density at radius 2 is 1.50 bits per heavy atom. The van der Waals surface area contributed by atoms with Gasteiger partial charge in [-0.15, -0.1) is 0 Å². The average Bonchev–Trinajstić information content (AvgIpc) is 2.26. The van der Waals surface area contributed by atoms with Gasteiger partial charge in [-0.05, 0) is 88.0 Å². The molecule has 0 aromatic heterocycles. The van der Waals surface area contributed by atoms with Gasteiger partial charge in [0.15, 0.2) is 0 Å². The lowest BCUT2D eigenvalue weighted by Crippen LogP contribution is -2.59. The maximum absolute atomic E-state index is 3.74. The van der Waals surface area contributed by atoms with Gasteiger partial charge in [0, 0.05) is 5.54 Å². The van der Waals surface area contributed by atoms with Crippen molar-refractivity contribution in [2.75, 3.05) is 7.05 Å². The Morgan fingerprint density at radius 1 is 1.00 bits per heavy atom. The standard InChI is InChI=1S/C17H31N/c1-11(2)10-17(3,18-4)16-14-6-12-5-13(8-14)9-15(16)7-12/h11-16,18H,5-10H2,1-4H3. The smallest absolute Gasteiger partial charge is 0.0186 e. The number of hydrogen-bond donors (Lipinski definition) is 1. The van der Waals surface area contributed by atoms with E-state index in [0.29, 0.717) is 5.54 Å². The highest BCUT2D eigenvalue weighted by atomic mass is 15.0. The maximum Gasteiger partial charge on any atom is 0.0186 e. The summed E-state index contributed by atoms with van der Waals surface area (Å²) < 4.78 is 0. The van der Waals surface area contributed by atoms with Crippen molar-refractivity contribution in [1.29, 1.82) is 0 Å². The molecule has 1 unspecified atom stereocenters. The number of rotatable bonds is 4. The molecule has 0 heterocycles. The first-order valence-corrected chi connectivity index (χ1v) is 8.20. The Morgan fingerprint density at radius 3 is 1.89 bits per heavy atom. The quantitative estimate of drug-likeness (QED) is 0.791. The molecule has 4 aliphatic rings. The van der Waals surface area contributed by atoms with E-state index >= 15 is 0 Å². The van der Waals surface area contributed by atoms with Gasteiger partial charge in [-0.3, -0.25) is 0 Å². The molecule has 4 saturated carbocycles. The summed E-state index contributed by atoms with van der Waals surface area (Å²) in [5, 5.41) is 3.74. The molecule has 1 N–H and O–H groups in total. The maximum atomic E-state index is 3.74. The second kappa shape index (κ2) is 4.51. The molecule has 1 heteroatoms. The molecule has 4 fully saturated rings. The van der Waals surface area contributed by atoms with E-state index < -0.39 is 0 Å². The fourth-order valence-electron chi connectivity index (χ4n) is 6.22. The number of nitrogens with one attached hydrogen (secondary N) is 1. The SMILES string of the molecule is CNC(C)(CC(C)C)C1C2CC3CC(C2)CC1C3. The molecule has 0 spiro atoms. The molecule has 18 heavy (non-hydrogen) atoms. The Labute approximate surface area is 113 Å². The van der Waals surface area contributed by atoms with Crippen molar-refractivity contribution in [3.63, 3.8) is 0 Å². The van der Waals surface area contributed by atoms with Crippen molar-refractivity contribution in [3.05, 3.63) is 0 Å². The highest BCUT2D eigenvalue weighted by molar-refractivity contribution is 5.06. The van der Waals surface area contributed by atoms with Crippen molar-refractivity contribution < 1.29 is 0 Å². The third kappa shape index (κ3) is 2.03. The molecule has 1 atom stereocenters. The summed E-state index contributed by atoms with van der Waals surface area (Å²) in [5.41, 5.74) is 0.386. The van der Waals surface area contributed by atoms with Crippen LogP contribution in [0.25, 0.3) is 0 Å². The van der Waals surface area contributed by atoms with Crippen molar-refractivity contribution in [1.82, 2.24) is 5.32 Å². The van der Waals surface area contributed by atoms with Crippen LogP contribution in [0, 0.1) is 35.5 Å². The molecule has 104 valence electrons. The Kier molecular flexibility index (Phi) is 3.25. The minimum atomic E-state index is 0.386. The van der Waals surface area contributed by atoms with Crippen LogP contribution in [-0.2, 0) is 0 Å². The lowest BCUT2D eigenvalue weighted by atomic mass is 9.48. The third-order valence-corrected chi connectivity index (χ3v) is 6.37. The van der Waals surface area contributed by atoms with Gasteiger partial charge in [-0.2, -0.15) is 0 Å². The van der Waals surface area contributed by atoms with Gasteiger partial charge in [0.1, 0.15) is 0 Å². The summed E-state index contributed by atoms with van der Waals surface area (Å²) in [6.07, 6.45) is 9.11. The second-order valence-corrected chi connectivity index (χ2v) is 8.22. The first kappa shape index (κ1) is 13.0. The van der Waals surface area contributed by atoms with Crippen LogP contribution in [0.3, 0.4) is 0 Å². The summed E-state index contributed by atoms with van der Waals surface area (Å²) in [6.45, 7) is 7.28. The van der Waals surface area contributed by atoms with Crippen LogP contribution in [0.4, 0.5) is 0 Å². The molecule has 4 bridgehead atoms. The van der Waals surface area contributed by atoms with E-state index in [9.17, 15) is 0 Å². The summed E-state index contributed by atoms with van der Waals surface area (Å²) in [6, 6.07) is 0. The van der Waals surface area contributed by atoms with Crippen molar-refractivity contribution in [2.24, 2.45) is 35.5 Å².